The third-order valence-corrected chi connectivity index (χ3v) is 4.19. The molecule has 0 spiro atoms. The number of rotatable bonds is 7. The number of carboxylic acid groups (broad SMARTS) is 1. The van der Waals surface area contributed by atoms with Crippen LogP contribution in [0.5, 0.6) is 11.5 Å². The van der Waals surface area contributed by atoms with E-state index in [0.29, 0.717) is 27.9 Å². The maximum atomic E-state index is 12.7. The zero-order chi connectivity index (χ0) is 20.8. The summed E-state index contributed by atoms with van der Waals surface area (Å²) in [4.78, 5) is 29.2. The van der Waals surface area contributed by atoms with Crippen molar-refractivity contribution in [1.82, 2.24) is 0 Å². The Balaban J connectivity index is 1.74. The molecule has 0 aromatic heterocycles. The molecule has 0 saturated carbocycles. The molecule has 0 aliphatic rings. The van der Waals surface area contributed by atoms with Gasteiger partial charge < -0.3 is 20.0 Å². The van der Waals surface area contributed by atoms with Crippen molar-refractivity contribution in [3.63, 3.8) is 0 Å². The number of hydrogen-bond donors (Lipinski definition) is 3. The number of methoxy groups -OCH3 is 1. The van der Waals surface area contributed by atoms with Crippen LogP contribution in [0.1, 0.15) is 20.7 Å². The lowest BCUT2D eigenvalue weighted by molar-refractivity contribution is 0.0696. The number of nitrogens with one attached hydrogen (secondary N) is 2. The quantitative estimate of drug-likeness (QED) is 0.486. The Labute approximate surface area is 171 Å². The number of anilines is 2. The van der Waals surface area contributed by atoms with E-state index in [1.807, 2.05) is 0 Å². The van der Waals surface area contributed by atoms with E-state index >= 15 is 0 Å². The molecule has 0 saturated heterocycles. The highest BCUT2D eigenvalue weighted by atomic mass is 35.5. The number of carbonyl (C=O) groups is 2. The second-order valence-corrected chi connectivity index (χ2v) is 6.34. The first-order valence-electron chi connectivity index (χ1n) is 8.47. The first-order valence-corrected chi connectivity index (χ1v) is 8.85. The van der Waals surface area contributed by atoms with Gasteiger partial charge in [-0.3, -0.25) is 4.79 Å². The molecule has 3 aromatic rings. The number of aromatic carboxylic acids is 1. The van der Waals surface area contributed by atoms with E-state index in [2.05, 4.69) is 10.8 Å². The minimum absolute atomic E-state index is 0.126. The molecule has 0 aliphatic heterocycles. The molecule has 0 aliphatic carbocycles. The summed E-state index contributed by atoms with van der Waals surface area (Å²) in [6.07, 6.45) is 0. The third kappa shape index (κ3) is 5.18. The molecule has 0 atom stereocenters. The Kier molecular flexibility index (Phi) is 6.21. The average molecular weight is 413 g/mol. The first-order chi connectivity index (χ1) is 14.0. The number of ether oxygens (including phenoxy) is 1. The molecular formula is C21H17ClN2O5. The number of carboxylic acids is 1. The fraction of sp³-hybridized carbons (Fsp3) is 0.0476. The molecule has 0 heterocycles. The van der Waals surface area contributed by atoms with Gasteiger partial charge >= 0.3 is 5.97 Å². The van der Waals surface area contributed by atoms with E-state index in [1.165, 1.54) is 30.3 Å². The molecule has 1 amide bonds. The van der Waals surface area contributed by atoms with Gasteiger partial charge in [-0.25, -0.2) is 10.3 Å². The molecule has 0 bridgehead atoms. The molecule has 3 rings (SSSR count). The molecule has 0 radical (unpaired) electrons. The number of benzene rings is 3. The normalized spacial score (nSPS) is 10.1. The number of halogens is 1. The smallest absolute Gasteiger partial charge is 0.335 e. The van der Waals surface area contributed by atoms with Crippen LogP contribution in [-0.2, 0) is 0 Å². The summed E-state index contributed by atoms with van der Waals surface area (Å²) in [5.41, 5.74) is 3.98. The second kappa shape index (κ2) is 8.99. The van der Waals surface area contributed by atoms with Crippen LogP contribution in [0.4, 0.5) is 11.4 Å². The lowest BCUT2D eigenvalue weighted by atomic mass is 10.1. The van der Waals surface area contributed by atoms with Crippen molar-refractivity contribution in [3.05, 3.63) is 82.9 Å². The Morgan fingerprint density at radius 1 is 0.931 bits per heavy atom. The molecule has 148 valence electrons. The van der Waals surface area contributed by atoms with Gasteiger partial charge in [0.2, 0.25) is 0 Å². The van der Waals surface area contributed by atoms with Gasteiger partial charge in [-0.05, 0) is 66.7 Å². The molecule has 8 heteroatoms. The van der Waals surface area contributed by atoms with Gasteiger partial charge in [-0.2, -0.15) is 0 Å². The molecule has 3 aromatic carbocycles. The van der Waals surface area contributed by atoms with E-state index in [4.69, 9.17) is 26.3 Å². The summed E-state index contributed by atoms with van der Waals surface area (Å²) in [6.45, 7) is 0. The zero-order valence-corrected chi connectivity index (χ0v) is 16.1. The monoisotopic (exact) mass is 412 g/mol. The summed E-state index contributed by atoms with van der Waals surface area (Å²) >= 11 is 6.04. The average Bonchev–Trinajstić information content (AvgIpc) is 2.73. The maximum absolute atomic E-state index is 12.7. The van der Waals surface area contributed by atoms with Crippen molar-refractivity contribution in [1.29, 1.82) is 0 Å². The Bertz CT molecular complexity index is 1020. The van der Waals surface area contributed by atoms with E-state index in [0.717, 1.165) is 0 Å². The highest BCUT2D eigenvalue weighted by molar-refractivity contribution is 6.31. The lowest BCUT2D eigenvalue weighted by Crippen LogP contribution is -2.16. The largest absolute Gasteiger partial charge is 0.497 e. The van der Waals surface area contributed by atoms with Crippen LogP contribution in [0.25, 0.3) is 0 Å². The summed E-state index contributed by atoms with van der Waals surface area (Å²) in [6, 6.07) is 17.5. The fourth-order valence-electron chi connectivity index (χ4n) is 2.45. The van der Waals surface area contributed by atoms with Crippen LogP contribution in [0.2, 0.25) is 5.02 Å². The van der Waals surface area contributed by atoms with Gasteiger partial charge in [0.1, 0.15) is 5.75 Å². The summed E-state index contributed by atoms with van der Waals surface area (Å²) in [5, 5.41) is 12.0. The number of amides is 1. The first kappa shape index (κ1) is 20.0. The molecule has 0 unspecified atom stereocenters. The highest BCUT2D eigenvalue weighted by Gasteiger charge is 2.14. The van der Waals surface area contributed by atoms with Gasteiger partial charge in [0.15, 0.2) is 5.75 Å². The second-order valence-electron chi connectivity index (χ2n) is 5.91. The predicted molar refractivity (Wildman–Crippen MR) is 110 cm³/mol. The van der Waals surface area contributed by atoms with Crippen LogP contribution in [0.15, 0.2) is 66.7 Å². The zero-order valence-electron chi connectivity index (χ0n) is 15.3. The van der Waals surface area contributed by atoms with Crippen molar-refractivity contribution in [2.24, 2.45) is 0 Å². The van der Waals surface area contributed by atoms with Crippen LogP contribution < -0.4 is 20.4 Å². The summed E-state index contributed by atoms with van der Waals surface area (Å²) in [7, 11) is 1.57. The molecule has 3 N–H and O–H groups in total. The van der Waals surface area contributed by atoms with E-state index in [9.17, 15) is 9.59 Å². The van der Waals surface area contributed by atoms with Crippen molar-refractivity contribution < 1.29 is 24.3 Å². The number of hydrogen-bond acceptors (Lipinski definition) is 5. The van der Waals surface area contributed by atoms with Gasteiger partial charge in [-0.15, -0.1) is 0 Å². The molecule has 0 fully saturated rings. The van der Waals surface area contributed by atoms with E-state index < -0.39 is 11.9 Å². The van der Waals surface area contributed by atoms with Crippen LogP contribution in [0.3, 0.4) is 0 Å². The minimum Gasteiger partial charge on any atom is -0.497 e. The van der Waals surface area contributed by atoms with Crippen molar-refractivity contribution in [2.75, 3.05) is 17.9 Å². The lowest BCUT2D eigenvalue weighted by Gasteiger charge is -2.13. The molecule has 7 nitrogen and oxygen atoms in total. The molecular weight excluding hydrogens is 396 g/mol. The van der Waals surface area contributed by atoms with Gasteiger partial charge in [-0.1, -0.05) is 11.6 Å². The highest BCUT2D eigenvalue weighted by Crippen LogP contribution is 2.24. The van der Waals surface area contributed by atoms with Gasteiger partial charge in [0.05, 0.1) is 23.9 Å². The predicted octanol–water partition coefficient (Wildman–Crippen LogP) is 4.71. The van der Waals surface area contributed by atoms with Crippen molar-refractivity contribution in [2.45, 2.75) is 0 Å². The minimum atomic E-state index is -1.04. The van der Waals surface area contributed by atoms with Crippen molar-refractivity contribution in [3.8, 4) is 11.5 Å². The van der Waals surface area contributed by atoms with E-state index in [-0.39, 0.29) is 11.1 Å². The van der Waals surface area contributed by atoms with Gasteiger partial charge in [0.25, 0.3) is 5.91 Å². The van der Waals surface area contributed by atoms with Crippen LogP contribution in [-0.4, -0.2) is 24.1 Å². The standard InChI is InChI=1S/C21H17ClN2O5/c1-28-16-7-9-17(10-8-16)29-24-19-11-4-14(22)12-18(19)20(25)23-15-5-2-13(3-6-15)21(26)27/h2-12,24H,1H3,(H,23,25)(H,26,27). The van der Waals surface area contributed by atoms with Crippen LogP contribution in [0, 0.1) is 0 Å². The third-order valence-electron chi connectivity index (χ3n) is 3.95. The molecule has 29 heavy (non-hydrogen) atoms. The topological polar surface area (TPSA) is 96.9 Å². The Morgan fingerprint density at radius 3 is 2.21 bits per heavy atom. The van der Waals surface area contributed by atoms with Crippen LogP contribution >= 0.6 is 11.6 Å². The Hall–Kier alpha value is -3.71. The SMILES string of the molecule is COc1ccc(ONc2ccc(Cl)cc2C(=O)Nc2ccc(C(=O)O)cc2)cc1. The fourth-order valence-corrected chi connectivity index (χ4v) is 2.62. The van der Waals surface area contributed by atoms with Crippen molar-refractivity contribution >= 4 is 34.9 Å². The summed E-state index contributed by atoms with van der Waals surface area (Å²) < 4.78 is 5.10. The van der Waals surface area contributed by atoms with E-state index in [1.54, 1.807) is 43.5 Å². The maximum Gasteiger partial charge on any atom is 0.335 e. The Morgan fingerprint density at radius 2 is 1.59 bits per heavy atom. The van der Waals surface area contributed by atoms with Gasteiger partial charge in [0, 0.05) is 10.7 Å². The summed E-state index contributed by atoms with van der Waals surface area (Å²) in [5.74, 6) is -0.259. The number of carbonyl (C=O) groups excluding carboxylic acids is 1.